The van der Waals surface area contributed by atoms with Crippen LogP contribution >= 0.6 is 11.8 Å². The Bertz CT molecular complexity index is 1040. The Hall–Kier alpha value is -2.88. The van der Waals surface area contributed by atoms with Crippen LogP contribution in [0.3, 0.4) is 0 Å². The summed E-state index contributed by atoms with van der Waals surface area (Å²) in [5.74, 6) is -1.52. The molecule has 9 heteroatoms. The minimum absolute atomic E-state index is 0.135. The predicted molar refractivity (Wildman–Crippen MR) is 128 cm³/mol. The Kier molecular flexibility index (Phi) is 8.10. The zero-order chi connectivity index (χ0) is 24.9. The quantitative estimate of drug-likeness (QED) is 0.420. The molecule has 8 nitrogen and oxygen atoms in total. The van der Waals surface area contributed by atoms with Crippen LogP contribution in [0.25, 0.3) is 0 Å². The highest BCUT2D eigenvalue weighted by molar-refractivity contribution is 7.99. The van der Waals surface area contributed by atoms with Crippen LogP contribution in [0.1, 0.15) is 31.9 Å². The molecule has 0 N–H and O–H groups in total. The molecule has 0 amide bonds. The van der Waals surface area contributed by atoms with Gasteiger partial charge in [-0.2, -0.15) is 0 Å². The van der Waals surface area contributed by atoms with Gasteiger partial charge in [-0.1, -0.05) is 54.2 Å². The van der Waals surface area contributed by atoms with Crippen molar-refractivity contribution >= 4 is 29.7 Å². The summed E-state index contributed by atoms with van der Waals surface area (Å²) in [6.45, 7) is 5.05. The Morgan fingerprint density at radius 2 is 1.43 bits per heavy atom. The number of hydrogen-bond donors (Lipinski definition) is 0. The molecule has 1 saturated heterocycles. The van der Waals surface area contributed by atoms with E-state index in [4.69, 9.17) is 18.9 Å². The molecule has 35 heavy (non-hydrogen) atoms. The van der Waals surface area contributed by atoms with Crippen molar-refractivity contribution in [3.63, 3.8) is 0 Å². The molecule has 1 fully saturated rings. The van der Waals surface area contributed by atoms with Crippen molar-refractivity contribution in [3.8, 4) is 0 Å². The van der Waals surface area contributed by atoms with Crippen molar-refractivity contribution in [2.75, 3.05) is 6.61 Å². The van der Waals surface area contributed by atoms with E-state index >= 15 is 0 Å². The van der Waals surface area contributed by atoms with E-state index in [2.05, 4.69) is 17.0 Å². The van der Waals surface area contributed by atoms with Gasteiger partial charge >= 0.3 is 17.9 Å². The molecule has 2 aromatic carbocycles. The molecule has 2 aromatic rings. The second-order valence-electron chi connectivity index (χ2n) is 8.59. The number of nitrogens with zero attached hydrogens (tertiary/aromatic N) is 1. The summed E-state index contributed by atoms with van der Waals surface area (Å²) >= 11 is 1.49. The summed E-state index contributed by atoms with van der Waals surface area (Å²) in [5.41, 5.74) is 1.87. The highest BCUT2D eigenvalue weighted by atomic mass is 32.2. The van der Waals surface area contributed by atoms with E-state index in [0.717, 1.165) is 4.90 Å². The number of carbonyl (C=O) groups is 3. The average Bonchev–Trinajstić information content (AvgIpc) is 3.23. The van der Waals surface area contributed by atoms with Crippen LogP contribution in [0.5, 0.6) is 0 Å². The van der Waals surface area contributed by atoms with Gasteiger partial charge in [0.25, 0.3) is 0 Å². The van der Waals surface area contributed by atoms with Crippen molar-refractivity contribution in [3.05, 3.63) is 65.7 Å². The summed E-state index contributed by atoms with van der Waals surface area (Å²) < 4.78 is 23.2. The number of benzene rings is 2. The molecule has 5 atom stereocenters. The summed E-state index contributed by atoms with van der Waals surface area (Å²) in [5, 5.41) is 0. The van der Waals surface area contributed by atoms with Crippen LogP contribution in [0.2, 0.25) is 0 Å². The fourth-order valence-corrected chi connectivity index (χ4v) is 5.82. The molecule has 186 valence electrons. The highest BCUT2D eigenvalue weighted by Crippen LogP contribution is 2.40. The van der Waals surface area contributed by atoms with Gasteiger partial charge in [-0.25, -0.2) is 0 Å². The molecule has 2 aliphatic heterocycles. The van der Waals surface area contributed by atoms with E-state index < -0.39 is 47.7 Å². The molecule has 0 saturated carbocycles. The van der Waals surface area contributed by atoms with Gasteiger partial charge in [-0.3, -0.25) is 19.3 Å². The van der Waals surface area contributed by atoms with Crippen molar-refractivity contribution in [1.82, 2.24) is 4.90 Å². The molecule has 0 aromatic heterocycles. The van der Waals surface area contributed by atoms with Crippen LogP contribution in [-0.4, -0.2) is 59.2 Å². The van der Waals surface area contributed by atoms with Gasteiger partial charge in [0.05, 0.1) is 6.04 Å². The number of fused-ring (bicyclic) bond motifs is 1. The molecule has 0 bridgehead atoms. The molecular formula is C26H29NO7S. The lowest BCUT2D eigenvalue weighted by atomic mass is 9.96. The van der Waals surface area contributed by atoms with E-state index in [0.29, 0.717) is 13.1 Å². The zero-order valence-corrected chi connectivity index (χ0v) is 20.7. The van der Waals surface area contributed by atoms with Gasteiger partial charge in [0.2, 0.25) is 0 Å². The van der Waals surface area contributed by atoms with Gasteiger partial charge in [-0.15, -0.1) is 0 Å². The Balaban J connectivity index is 1.72. The molecule has 2 heterocycles. The first-order chi connectivity index (χ1) is 16.8. The predicted octanol–water partition coefficient (Wildman–Crippen LogP) is 3.31. The van der Waals surface area contributed by atoms with Crippen LogP contribution in [-0.2, 0) is 46.4 Å². The monoisotopic (exact) mass is 499 g/mol. The number of hydrogen-bond acceptors (Lipinski definition) is 9. The number of rotatable bonds is 7. The third-order valence-corrected chi connectivity index (χ3v) is 7.12. The summed E-state index contributed by atoms with van der Waals surface area (Å²) in [6, 6.07) is 17.5. The zero-order valence-electron chi connectivity index (χ0n) is 19.9. The van der Waals surface area contributed by atoms with E-state index in [9.17, 15) is 14.4 Å². The minimum Gasteiger partial charge on any atom is -0.463 e. The topological polar surface area (TPSA) is 91.4 Å². The number of thioether (sulfide) groups is 1. The second-order valence-corrected chi connectivity index (χ2v) is 9.76. The third kappa shape index (κ3) is 6.22. The normalized spacial score (nSPS) is 26.0. The van der Waals surface area contributed by atoms with Gasteiger partial charge in [0.15, 0.2) is 12.2 Å². The van der Waals surface area contributed by atoms with Crippen LogP contribution in [0.4, 0.5) is 0 Å². The van der Waals surface area contributed by atoms with Crippen molar-refractivity contribution in [2.45, 2.75) is 68.5 Å². The van der Waals surface area contributed by atoms with E-state index in [-0.39, 0.29) is 6.61 Å². The molecule has 0 spiro atoms. The van der Waals surface area contributed by atoms with Crippen LogP contribution in [0, 0.1) is 0 Å². The van der Waals surface area contributed by atoms with Gasteiger partial charge in [-0.05, 0) is 23.3 Å². The fourth-order valence-electron chi connectivity index (χ4n) is 4.57. The first-order valence-electron chi connectivity index (χ1n) is 11.5. The summed E-state index contributed by atoms with van der Waals surface area (Å²) in [7, 11) is 0. The lowest BCUT2D eigenvalue weighted by Gasteiger charge is -2.48. The van der Waals surface area contributed by atoms with Gasteiger partial charge in [0.1, 0.15) is 18.1 Å². The van der Waals surface area contributed by atoms with Crippen molar-refractivity contribution in [2.24, 2.45) is 0 Å². The Labute approximate surface area is 208 Å². The molecular weight excluding hydrogens is 470 g/mol. The number of esters is 3. The molecule has 0 unspecified atom stereocenters. The standard InChI is InChI=1S/C26H29NO7S/c1-16(28)31-15-22-24(32-17(2)29)25(33-18(3)30)23(26(34-22)35-21-11-5-4-6-12-21)27-13-19-9-7-8-10-20(19)14-27/h4-12,22-26H,13-15H2,1-3H3/t22-,23-,24-,25-,26+/m1/s1. The maximum atomic E-state index is 12.2. The highest BCUT2D eigenvalue weighted by Gasteiger charge is 2.53. The maximum Gasteiger partial charge on any atom is 0.303 e. The molecule has 2 aliphatic rings. The fraction of sp³-hybridized carbons (Fsp3) is 0.423. The summed E-state index contributed by atoms with van der Waals surface area (Å²) in [6.07, 6.45) is -2.59. The van der Waals surface area contributed by atoms with Crippen molar-refractivity contribution < 1.29 is 33.3 Å². The van der Waals surface area contributed by atoms with Crippen molar-refractivity contribution in [1.29, 1.82) is 0 Å². The lowest BCUT2D eigenvalue weighted by Crippen LogP contribution is -2.64. The smallest absolute Gasteiger partial charge is 0.303 e. The molecule has 0 radical (unpaired) electrons. The largest absolute Gasteiger partial charge is 0.463 e. The van der Waals surface area contributed by atoms with E-state index in [1.165, 1.54) is 43.7 Å². The van der Waals surface area contributed by atoms with Crippen LogP contribution < -0.4 is 0 Å². The lowest BCUT2D eigenvalue weighted by molar-refractivity contribution is -0.223. The number of ether oxygens (including phenoxy) is 4. The first-order valence-corrected chi connectivity index (χ1v) is 12.4. The Morgan fingerprint density at radius 1 is 0.857 bits per heavy atom. The Morgan fingerprint density at radius 3 is 2.00 bits per heavy atom. The second kappa shape index (κ2) is 11.2. The molecule has 4 rings (SSSR count). The minimum atomic E-state index is -0.947. The molecule has 0 aliphatic carbocycles. The van der Waals surface area contributed by atoms with Gasteiger partial charge < -0.3 is 18.9 Å². The maximum absolute atomic E-state index is 12.2. The van der Waals surface area contributed by atoms with E-state index in [1.807, 2.05) is 42.5 Å². The number of carbonyl (C=O) groups excluding carboxylic acids is 3. The third-order valence-electron chi connectivity index (χ3n) is 5.95. The van der Waals surface area contributed by atoms with E-state index in [1.54, 1.807) is 0 Å². The SMILES string of the molecule is CC(=O)OC[C@H]1O[C@@H](Sc2ccccc2)[C@H](N2Cc3ccccc3C2)[C@@H](OC(C)=O)[C@@H]1OC(C)=O. The van der Waals surface area contributed by atoms with Gasteiger partial charge in [0, 0.05) is 38.8 Å². The average molecular weight is 500 g/mol. The van der Waals surface area contributed by atoms with Crippen LogP contribution in [0.15, 0.2) is 59.5 Å². The summed E-state index contributed by atoms with van der Waals surface area (Å²) in [4.78, 5) is 39.0. The first kappa shape index (κ1) is 25.2.